The van der Waals surface area contributed by atoms with Crippen LogP contribution in [0.25, 0.3) is 0 Å². The van der Waals surface area contributed by atoms with Crippen molar-refractivity contribution in [1.29, 1.82) is 0 Å². The Morgan fingerprint density at radius 3 is 2.76 bits per heavy atom. The minimum atomic E-state index is 0.0954. The molecule has 0 saturated carbocycles. The number of anilines is 1. The van der Waals surface area contributed by atoms with Gasteiger partial charge in [0.1, 0.15) is 0 Å². The molecule has 2 aromatic carbocycles. The van der Waals surface area contributed by atoms with E-state index in [9.17, 15) is 4.79 Å². The van der Waals surface area contributed by atoms with E-state index in [2.05, 4.69) is 63.6 Å². The van der Waals surface area contributed by atoms with E-state index in [1.54, 1.807) is 0 Å². The van der Waals surface area contributed by atoms with E-state index in [0.29, 0.717) is 6.54 Å². The summed E-state index contributed by atoms with van der Waals surface area (Å²) in [6.07, 6.45) is 3.26. The van der Waals surface area contributed by atoms with Crippen molar-refractivity contribution < 1.29 is 9.53 Å². The predicted molar refractivity (Wildman–Crippen MR) is 116 cm³/mol. The number of nitrogens with one attached hydrogen (secondary N) is 1. The lowest BCUT2D eigenvalue weighted by atomic mass is 9.88. The summed E-state index contributed by atoms with van der Waals surface area (Å²) >= 11 is 0. The lowest BCUT2D eigenvalue weighted by molar-refractivity contribution is -0.122. The number of fused-ring (bicyclic) bond motifs is 1. The van der Waals surface area contributed by atoms with Gasteiger partial charge in [0.15, 0.2) is 0 Å². The predicted octanol–water partition coefficient (Wildman–Crippen LogP) is 3.15. The third-order valence-corrected chi connectivity index (χ3v) is 5.90. The molecule has 1 amide bonds. The number of amides is 1. The maximum Gasteiger partial charge on any atom is 0.234 e. The normalized spacial score (nSPS) is 19.1. The topological polar surface area (TPSA) is 44.8 Å². The first kappa shape index (κ1) is 19.9. The van der Waals surface area contributed by atoms with Crippen LogP contribution in [-0.4, -0.2) is 50.7 Å². The van der Waals surface area contributed by atoms with E-state index in [1.165, 1.54) is 22.4 Å². The highest BCUT2D eigenvalue weighted by Gasteiger charge is 2.22. The average Bonchev–Trinajstić information content (AvgIpc) is 2.75. The third kappa shape index (κ3) is 4.98. The highest BCUT2D eigenvalue weighted by Crippen LogP contribution is 2.29. The Bertz CT molecular complexity index is 832. The summed E-state index contributed by atoms with van der Waals surface area (Å²) in [5.74, 6) is 0.0954. The van der Waals surface area contributed by atoms with Crippen molar-refractivity contribution in [3.8, 4) is 0 Å². The molecule has 5 nitrogen and oxygen atoms in total. The molecule has 4 rings (SSSR count). The van der Waals surface area contributed by atoms with Crippen LogP contribution in [0.1, 0.15) is 35.6 Å². The lowest BCUT2D eigenvalue weighted by Crippen LogP contribution is -2.39. The first-order valence-corrected chi connectivity index (χ1v) is 10.7. The summed E-state index contributed by atoms with van der Waals surface area (Å²) in [4.78, 5) is 17.2. The molecule has 2 aliphatic rings. The number of likely N-dealkylation sites (N-methyl/N-ethyl adjacent to an activating group) is 1. The molecule has 1 unspecified atom stereocenters. The molecule has 0 spiro atoms. The minimum Gasteiger partial charge on any atom is -0.378 e. The van der Waals surface area contributed by atoms with E-state index < -0.39 is 0 Å². The number of hydrogen-bond donors (Lipinski definition) is 1. The Hall–Kier alpha value is -2.37. The molecule has 1 heterocycles. The molecular formula is C24H31N3O2. The zero-order chi connectivity index (χ0) is 20.1. The zero-order valence-corrected chi connectivity index (χ0v) is 17.3. The van der Waals surface area contributed by atoms with Crippen molar-refractivity contribution in [2.45, 2.75) is 31.8 Å². The van der Waals surface area contributed by atoms with Gasteiger partial charge in [0.25, 0.3) is 0 Å². The number of ether oxygens (including phenoxy) is 1. The van der Waals surface area contributed by atoms with E-state index in [1.807, 2.05) is 7.05 Å². The van der Waals surface area contributed by atoms with Gasteiger partial charge >= 0.3 is 0 Å². The number of hydrogen-bond acceptors (Lipinski definition) is 4. The van der Waals surface area contributed by atoms with Gasteiger partial charge in [-0.15, -0.1) is 0 Å². The fourth-order valence-corrected chi connectivity index (χ4v) is 4.49. The molecule has 1 fully saturated rings. The van der Waals surface area contributed by atoms with Gasteiger partial charge in [0, 0.05) is 25.3 Å². The summed E-state index contributed by atoms with van der Waals surface area (Å²) in [5.41, 5.74) is 5.17. The zero-order valence-electron chi connectivity index (χ0n) is 17.3. The monoisotopic (exact) mass is 393 g/mol. The van der Waals surface area contributed by atoms with Crippen molar-refractivity contribution in [1.82, 2.24) is 10.2 Å². The Kier molecular flexibility index (Phi) is 6.47. The average molecular weight is 394 g/mol. The molecule has 0 bridgehead atoms. The molecule has 1 aliphatic carbocycles. The maximum absolute atomic E-state index is 12.7. The van der Waals surface area contributed by atoms with Gasteiger partial charge in [-0.05, 0) is 49.1 Å². The number of benzene rings is 2. The van der Waals surface area contributed by atoms with Crippen LogP contribution in [0, 0.1) is 0 Å². The second-order valence-corrected chi connectivity index (χ2v) is 8.11. The van der Waals surface area contributed by atoms with Crippen LogP contribution in [-0.2, 0) is 22.5 Å². The van der Waals surface area contributed by atoms with E-state index in [4.69, 9.17) is 4.74 Å². The van der Waals surface area contributed by atoms with Crippen molar-refractivity contribution in [2.24, 2.45) is 0 Å². The largest absolute Gasteiger partial charge is 0.378 e. The Morgan fingerprint density at radius 1 is 1.14 bits per heavy atom. The molecular weight excluding hydrogens is 362 g/mol. The van der Waals surface area contributed by atoms with Crippen molar-refractivity contribution in [2.75, 3.05) is 44.8 Å². The molecule has 154 valence electrons. The number of para-hydroxylation sites is 1. The van der Waals surface area contributed by atoms with Crippen molar-refractivity contribution >= 4 is 11.6 Å². The Labute approximate surface area is 173 Å². The molecule has 1 aliphatic heterocycles. The Balaban J connectivity index is 1.36. The smallest absolute Gasteiger partial charge is 0.234 e. The SMILES string of the molecule is CN(CC(=O)NC1CCCc2ccccc21)Cc1ccccc1N1CCOCC1. The molecule has 0 radical (unpaired) electrons. The van der Waals surface area contributed by atoms with Crippen LogP contribution >= 0.6 is 0 Å². The van der Waals surface area contributed by atoms with E-state index in [-0.39, 0.29) is 11.9 Å². The second-order valence-electron chi connectivity index (χ2n) is 8.11. The van der Waals surface area contributed by atoms with Crippen LogP contribution in [0.5, 0.6) is 0 Å². The van der Waals surface area contributed by atoms with Crippen LogP contribution in [0.4, 0.5) is 5.69 Å². The second kappa shape index (κ2) is 9.42. The molecule has 1 N–H and O–H groups in total. The van der Waals surface area contributed by atoms with Crippen LogP contribution in [0.2, 0.25) is 0 Å². The maximum atomic E-state index is 12.7. The fraction of sp³-hybridized carbons (Fsp3) is 0.458. The van der Waals surface area contributed by atoms with Gasteiger partial charge in [-0.2, -0.15) is 0 Å². The van der Waals surface area contributed by atoms with Crippen LogP contribution in [0.15, 0.2) is 48.5 Å². The lowest BCUT2D eigenvalue weighted by Gasteiger charge is -2.31. The highest BCUT2D eigenvalue weighted by molar-refractivity contribution is 5.78. The number of nitrogens with zero attached hydrogens (tertiary/aromatic N) is 2. The molecule has 1 saturated heterocycles. The van der Waals surface area contributed by atoms with Crippen LogP contribution in [0.3, 0.4) is 0 Å². The summed E-state index contributed by atoms with van der Waals surface area (Å²) in [5, 5.41) is 3.26. The number of carbonyl (C=O) groups is 1. The quantitative estimate of drug-likeness (QED) is 0.819. The fourth-order valence-electron chi connectivity index (χ4n) is 4.49. The van der Waals surface area contributed by atoms with E-state index >= 15 is 0 Å². The van der Waals surface area contributed by atoms with Gasteiger partial charge in [0.05, 0.1) is 25.8 Å². The molecule has 29 heavy (non-hydrogen) atoms. The first-order valence-electron chi connectivity index (χ1n) is 10.7. The van der Waals surface area contributed by atoms with Gasteiger partial charge in [-0.3, -0.25) is 9.69 Å². The van der Waals surface area contributed by atoms with Crippen molar-refractivity contribution in [3.05, 3.63) is 65.2 Å². The highest BCUT2D eigenvalue weighted by atomic mass is 16.5. The van der Waals surface area contributed by atoms with E-state index in [0.717, 1.165) is 52.1 Å². The van der Waals surface area contributed by atoms with Gasteiger partial charge in [0.2, 0.25) is 5.91 Å². The van der Waals surface area contributed by atoms with Gasteiger partial charge < -0.3 is 15.0 Å². The van der Waals surface area contributed by atoms with Gasteiger partial charge in [-0.1, -0.05) is 42.5 Å². The summed E-state index contributed by atoms with van der Waals surface area (Å²) in [6, 6.07) is 17.1. The molecule has 5 heteroatoms. The van der Waals surface area contributed by atoms with Gasteiger partial charge in [-0.25, -0.2) is 0 Å². The molecule has 0 aromatic heterocycles. The summed E-state index contributed by atoms with van der Waals surface area (Å²) < 4.78 is 5.49. The van der Waals surface area contributed by atoms with Crippen molar-refractivity contribution in [3.63, 3.8) is 0 Å². The standard InChI is InChI=1S/C24H31N3O2/c1-26(17-20-8-3-5-12-23(20)27-13-15-29-16-14-27)18-24(28)25-22-11-6-9-19-7-2-4-10-21(19)22/h2-5,7-8,10,12,22H,6,9,11,13-18H2,1H3,(H,25,28). The molecule has 1 atom stereocenters. The summed E-state index contributed by atoms with van der Waals surface area (Å²) in [6.45, 7) is 4.54. The minimum absolute atomic E-state index is 0.0954. The number of rotatable bonds is 6. The van der Waals surface area contributed by atoms with Crippen LogP contribution < -0.4 is 10.2 Å². The number of carbonyl (C=O) groups excluding carboxylic acids is 1. The number of aryl methyl sites for hydroxylation is 1. The number of morpholine rings is 1. The Morgan fingerprint density at radius 2 is 1.90 bits per heavy atom. The molecule has 2 aromatic rings. The third-order valence-electron chi connectivity index (χ3n) is 5.90. The first-order chi connectivity index (χ1) is 14.2. The summed E-state index contributed by atoms with van der Waals surface area (Å²) in [7, 11) is 2.02.